The topological polar surface area (TPSA) is 72.5 Å². The summed E-state index contributed by atoms with van der Waals surface area (Å²) in [5.41, 5.74) is 1.87. The van der Waals surface area contributed by atoms with Crippen LogP contribution in [-0.4, -0.2) is 30.8 Å². The molecular weight excluding hydrogens is 374 g/mol. The molecule has 2 rings (SSSR count). The Bertz CT molecular complexity index is 756. The highest BCUT2D eigenvalue weighted by molar-refractivity contribution is 9.10. The minimum absolute atomic E-state index is 0.291. The number of carbonyl (C=O) groups is 3. The van der Waals surface area contributed by atoms with Crippen LogP contribution >= 0.6 is 15.9 Å². The highest BCUT2D eigenvalue weighted by Crippen LogP contribution is 2.11. The van der Waals surface area contributed by atoms with E-state index in [1.54, 1.807) is 42.5 Å². The lowest BCUT2D eigenvalue weighted by molar-refractivity contribution is -0.141. The van der Waals surface area contributed by atoms with E-state index in [0.29, 0.717) is 11.1 Å². The number of hydrogen-bond acceptors (Lipinski definition) is 4. The highest BCUT2D eigenvalue weighted by Gasteiger charge is 2.12. The lowest BCUT2D eigenvalue weighted by atomic mass is 10.1. The second-order valence-electron chi connectivity index (χ2n) is 5.14. The zero-order chi connectivity index (χ0) is 17.5. The van der Waals surface area contributed by atoms with E-state index >= 15 is 0 Å². The summed E-state index contributed by atoms with van der Waals surface area (Å²) in [6, 6.07) is 13.8. The van der Waals surface area contributed by atoms with Gasteiger partial charge < -0.3 is 10.1 Å². The van der Waals surface area contributed by atoms with E-state index in [1.165, 1.54) is 0 Å². The number of halogens is 1. The predicted octanol–water partition coefficient (Wildman–Crippen LogP) is 2.91. The van der Waals surface area contributed by atoms with Gasteiger partial charge in [0, 0.05) is 15.6 Å². The molecule has 0 saturated carbocycles. The zero-order valence-electron chi connectivity index (χ0n) is 13.0. The molecule has 0 spiro atoms. The number of ether oxygens (including phenoxy) is 1. The van der Waals surface area contributed by atoms with Crippen LogP contribution in [0.25, 0.3) is 0 Å². The average molecular weight is 390 g/mol. The number of benzene rings is 2. The van der Waals surface area contributed by atoms with Crippen molar-refractivity contribution < 1.29 is 19.1 Å². The normalized spacial score (nSPS) is 10.1. The van der Waals surface area contributed by atoms with E-state index in [4.69, 9.17) is 4.74 Å². The van der Waals surface area contributed by atoms with Gasteiger partial charge in [-0.3, -0.25) is 14.4 Å². The Morgan fingerprint density at radius 1 is 1.04 bits per heavy atom. The monoisotopic (exact) mass is 389 g/mol. The SMILES string of the molecule is Cc1cccc(C(=O)NCC(=O)OCC(=O)c2ccc(Br)cc2)c1. The second kappa shape index (κ2) is 8.40. The number of Topliss-reactive ketones (excluding diaryl/α,β-unsaturated/α-hetero) is 1. The third-order valence-corrected chi connectivity index (χ3v) is 3.73. The van der Waals surface area contributed by atoms with Gasteiger partial charge in [-0.15, -0.1) is 0 Å². The van der Waals surface area contributed by atoms with E-state index in [0.717, 1.165) is 10.0 Å². The molecule has 0 aliphatic heterocycles. The molecule has 0 saturated heterocycles. The number of aryl methyl sites for hydroxylation is 1. The molecule has 0 aliphatic rings. The van der Waals surface area contributed by atoms with E-state index in [2.05, 4.69) is 21.2 Å². The molecule has 0 heterocycles. The molecule has 0 bridgehead atoms. The van der Waals surface area contributed by atoms with Crippen LogP contribution in [0.5, 0.6) is 0 Å². The van der Waals surface area contributed by atoms with Gasteiger partial charge in [0.1, 0.15) is 6.54 Å². The fourth-order valence-corrected chi connectivity index (χ4v) is 2.22. The molecule has 124 valence electrons. The van der Waals surface area contributed by atoms with E-state index in [1.807, 2.05) is 13.0 Å². The predicted molar refractivity (Wildman–Crippen MR) is 92.9 cm³/mol. The first-order valence-corrected chi connectivity index (χ1v) is 8.04. The van der Waals surface area contributed by atoms with Crippen molar-refractivity contribution in [2.45, 2.75) is 6.92 Å². The summed E-state index contributed by atoms with van der Waals surface area (Å²) in [6.45, 7) is 1.22. The van der Waals surface area contributed by atoms with Gasteiger partial charge in [0.05, 0.1) is 0 Å². The molecule has 0 aliphatic carbocycles. The first-order chi connectivity index (χ1) is 11.5. The van der Waals surface area contributed by atoms with Crippen molar-refractivity contribution in [3.8, 4) is 0 Å². The van der Waals surface area contributed by atoms with E-state index in [9.17, 15) is 14.4 Å². The van der Waals surface area contributed by atoms with E-state index < -0.39 is 5.97 Å². The Hall–Kier alpha value is -2.47. The van der Waals surface area contributed by atoms with Crippen LogP contribution in [0.1, 0.15) is 26.3 Å². The molecule has 0 radical (unpaired) electrons. The summed E-state index contributed by atoms with van der Waals surface area (Å²) in [4.78, 5) is 35.4. The maximum Gasteiger partial charge on any atom is 0.325 e. The van der Waals surface area contributed by atoms with Gasteiger partial charge in [-0.2, -0.15) is 0 Å². The number of ketones is 1. The third-order valence-electron chi connectivity index (χ3n) is 3.20. The number of amides is 1. The van der Waals surface area contributed by atoms with Crippen LogP contribution in [0.4, 0.5) is 0 Å². The van der Waals surface area contributed by atoms with Crippen molar-refractivity contribution in [1.82, 2.24) is 5.32 Å². The fourth-order valence-electron chi connectivity index (χ4n) is 1.96. The van der Waals surface area contributed by atoms with Crippen LogP contribution in [0.3, 0.4) is 0 Å². The van der Waals surface area contributed by atoms with Crippen molar-refractivity contribution in [1.29, 1.82) is 0 Å². The lowest BCUT2D eigenvalue weighted by Gasteiger charge is -2.07. The van der Waals surface area contributed by atoms with Crippen LogP contribution in [0.2, 0.25) is 0 Å². The Morgan fingerprint density at radius 2 is 1.75 bits per heavy atom. The van der Waals surface area contributed by atoms with E-state index in [-0.39, 0.29) is 24.8 Å². The minimum Gasteiger partial charge on any atom is -0.456 e. The summed E-state index contributed by atoms with van der Waals surface area (Å²) in [5.74, 6) is -1.34. The lowest BCUT2D eigenvalue weighted by Crippen LogP contribution is -2.31. The van der Waals surface area contributed by atoms with Crippen LogP contribution in [-0.2, 0) is 9.53 Å². The largest absolute Gasteiger partial charge is 0.456 e. The first-order valence-electron chi connectivity index (χ1n) is 7.25. The number of carbonyl (C=O) groups excluding carboxylic acids is 3. The first kappa shape index (κ1) is 17.9. The van der Waals surface area contributed by atoms with Crippen molar-refractivity contribution in [2.24, 2.45) is 0 Å². The van der Waals surface area contributed by atoms with Crippen molar-refractivity contribution >= 4 is 33.6 Å². The Kier molecular flexibility index (Phi) is 6.26. The summed E-state index contributed by atoms with van der Waals surface area (Å²) < 4.78 is 5.74. The summed E-state index contributed by atoms with van der Waals surface area (Å²) in [7, 11) is 0. The van der Waals surface area contributed by atoms with Gasteiger partial charge >= 0.3 is 5.97 Å². The van der Waals surface area contributed by atoms with Gasteiger partial charge in [0.25, 0.3) is 5.91 Å². The molecule has 5 nitrogen and oxygen atoms in total. The Labute approximate surface area is 148 Å². The number of rotatable bonds is 6. The molecule has 0 fully saturated rings. The number of nitrogens with one attached hydrogen (secondary N) is 1. The van der Waals surface area contributed by atoms with Crippen LogP contribution < -0.4 is 5.32 Å². The van der Waals surface area contributed by atoms with Crippen LogP contribution in [0.15, 0.2) is 53.0 Å². The molecular formula is C18H16BrNO4. The van der Waals surface area contributed by atoms with Crippen molar-refractivity contribution in [2.75, 3.05) is 13.2 Å². The highest BCUT2D eigenvalue weighted by atomic mass is 79.9. The van der Waals surface area contributed by atoms with Crippen LogP contribution in [0, 0.1) is 6.92 Å². The molecule has 1 amide bonds. The standard InChI is InChI=1S/C18H16BrNO4/c1-12-3-2-4-14(9-12)18(23)20-10-17(22)24-11-16(21)13-5-7-15(19)8-6-13/h2-9H,10-11H2,1H3,(H,20,23). The summed E-state index contributed by atoms with van der Waals surface area (Å²) >= 11 is 3.28. The van der Waals surface area contributed by atoms with Gasteiger partial charge in [0.15, 0.2) is 12.4 Å². The van der Waals surface area contributed by atoms with Gasteiger partial charge in [-0.1, -0.05) is 45.8 Å². The number of hydrogen-bond donors (Lipinski definition) is 1. The molecule has 2 aromatic rings. The average Bonchev–Trinajstić information content (AvgIpc) is 2.58. The maximum atomic E-state index is 11.9. The maximum absolute atomic E-state index is 11.9. The third kappa shape index (κ3) is 5.31. The minimum atomic E-state index is -0.665. The second-order valence-corrected chi connectivity index (χ2v) is 6.06. The van der Waals surface area contributed by atoms with Crippen molar-refractivity contribution in [3.63, 3.8) is 0 Å². The Morgan fingerprint density at radius 3 is 2.42 bits per heavy atom. The smallest absolute Gasteiger partial charge is 0.325 e. The molecule has 0 atom stereocenters. The molecule has 0 unspecified atom stereocenters. The van der Waals surface area contributed by atoms with Gasteiger partial charge in [-0.05, 0) is 31.2 Å². The number of esters is 1. The molecule has 6 heteroatoms. The molecule has 2 aromatic carbocycles. The fraction of sp³-hybridized carbons (Fsp3) is 0.167. The van der Waals surface area contributed by atoms with Crippen molar-refractivity contribution in [3.05, 3.63) is 69.7 Å². The molecule has 24 heavy (non-hydrogen) atoms. The Balaban J connectivity index is 1.78. The van der Waals surface area contributed by atoms with Gasteiger partial charge in [-0.25, -0.2) is 0 Å². The van der Waals surface area contributed by atoms with Gasteiger partial charge in [0.2, 0.25) is 0 Å². The summed E-state index contributed by atoms with van der Waals surface area (Å²) in [6.07, 6.45) is 0. The molecule has 1 N–H and O–H groups in total. The molecule has 0 aromatic heterocycles. The zero-order valence-corrected chi connectivity index (χ0v) is 14.6. The quantitative estimate of drug-likeness (QED) is 0.608. The summed E-state index contributed by atoms with van der Waals surface area (Å²) in [5, 5.41) is 2.47.